The third-order valence-corrected chi connectivity index (χ3v) is 4.09. The van der Waals surface area contributed by atoms with Crippen molar-refractivity contribution >= 4 is 34.2 Å². The van der Waals surface area contributed by atoms with Crippen molar-refractivity contribution in [3.05, 3.63) is 74.1 Å². The summed E-state index contributed by atoms with van der Waals surface area (Å²) in [6, 6.07) is 12.3. The first-order valence-corrected chi connectivity index (χ1v) is 7.40. The number of hydrogen-bond donors (Lipinski definition) is 0. The number of fused-ring (bicyclic) bond motifs is 1. The number of halogens is 2. The molecule has 0 saturated heterocycles. The van der Waals surface area contributed by atoms with Gasteiger partial charge in [0.15, 0.2) is 0 Å². The highest BCUT2D eigenvalue weighted by atomic mass is 35.5. The summed E-state index contributed by atoms with van der Waals surface area (Å²) in [5, 5.41) is 1.61. The fourth-order valence-electron chi connectivity index (χ4n) is 2.21. The minimum atomic E-state index is -0.408. The SMILES string of the molecule is Cc1ccc2c(COc3cccc(Cl)c3Cl)cc(=O)oc2c1. The topological polar surface area (TPSA) is 39.4 Å². The fourth-order valence-corrected chi connectivity index (χ4v) is 2.55. The number of rotatable bonds is 3. The Morgan fingerprint density at radius 3 is 2.77 bits per heavy atom. The van der Waals surface area contributed by atoms with Gasteiger partial charge in [-0.2, -0.15) is 0 Å². The van der Waals surface area contributed by atoms with Crippen LogP contribution in [0.2, 0.25) is 10.0 Å². The first-order chi connectivity index (χ1) is 10.5. The molecule has 0 atom stereocenters. The molecule has 0 saturated carbocycles. The molecule has 0 spiro atoms. The lowest BCUT2D eigenvalue weighted by Gasteiger charge is -2.10. The summed E-state index contributed by atoms with van der Waals surface area (Å²) in [6.07, 6.45) is 0. The van der Waals surface area contributed by atoms with E-state index in [1.807, 2.05) is 25.1 Å². The Bertz CT molecular complexity index is 900. The second kappa shape index (κ2) is 6.03. The van der Waals surface area contributed by atoms with Crippen molar-refractivity contribution in [2.75, 3.05) is 0 Å². The molecule has 0 N–H and O–H groups in total. The zero-order valence-electron chi connectivity index (χ0n) is 11.7. The molecule has 112 valence electrons. The number of hydrogen-bond acceptors (Lipinski definition) is 3. The minimum Gasteiger partial charge on any atom is -0.487 e. The minimum absolute atomic E-state index is 0.200. The van der Waals surface area contributed by atoms with Gasteiger partial charge in [0.05, 0.1) is 5.02 Å². The van der Waals surface area contributed by atoms with E-state index in [4.69, 9.17) is 32.4 Å². The molecule has 0 aliphatic rings. The maximum absolute atomic E-state index is 11.7. The average Bonchev–Trinajstić information content (AvgIpc) is 2.48. The Labute approximate surface area is 137 Å². The predicted octanol–water partition coefficient (Wildman–Crippen LogP) is 4.99. The van der Waals surface area contributed by atoms with Crippen LogP contribution in [-0.2, 0) is 6.61 Å². The molecule has 5 heteroatoms. The smallest absolute Gasteiger partial charge is 0.336 e. The molecule has 0 radical (unpaired) electrons. The highest BCUT2D eigenvalue weighted by Gasteiger charge is 2.09. The monoisotopic (exact) mass is 334 g/mol. The van der Waals surface area contributed by atoms with E-state index in [0.717, 1.165) is 16.5 Å². The summed E-state index contributed by atoms with van der Waals surface area (Å²) in [7, 11) is 0. The molecule has 0 bridgehead atoms. The molecular weight excluding hydrogens is 323 g/mol. The molecular formula is C17H12Cl2O3. The summed E-state index contributed by atoms with van der Waals surface area (Å²) in [6.45, 7) is 2.14. The van der Waals surface area contributed by atoms with Gasteiger partial charge in [0.25, 0.3) is 0 Å². The lowest BCUT2D eigenvalue weighted by Crippen LogP contribution is -2.04. The van der Waals surface area contributed by atoms with E-state index in [9.17, 15) is 4.79 Å². The Kier molecular flexibility index (Phi) is 4.10. The maximum atomic E-state index is 11.7. The van der Waals surface area contributed by atoms with Gasteiger partial charge in [-0.3, -0.25) is 0 Å². The molecule has 3 nitrogen and oxygen atoms in total. The van der Waals surface area contributed by atoms with E-state index in [1.165, 1.54) is 6.07 Å². The molecule has 3 rings (SSSR count). The van der Waals surface area contributed by atoms with Crippen LogP contribution in [0.25, 0.3) is 11.0 Å². The highest BCUT2D eigenvalue weighted by molar-refractivity contribution is 6.42. The van der Waals surface area contributed by atoms with Crippen LogP contribution in [-0.4, -0.2) is 0 Å². The first-order valence-electron chi connectivity index (χ1n) is 6.65. The van der Waals surface area contributed by atoms with Crippen molar-refractivity contribution in [1.29, 1.82) is 0 Å². The zero-order chi connectivity index (χ0) is 15.7. The van der Waals surface area contributed by atoms with Gasteiger partial charge in [0, 0.05) is 17.0 Å². The second-order valence-corrected chi connectivity index (χ2v) is 5.72. The Morgan fingerprint density at radius 1 is 1.14 bits per heavy atom. The Morgan fingerprint density at radius 2 is 1.95 bits per heavy atom. The van der Waals surface area contributed by atoms with Gasteiger partial charge < -0.3 is 9.15 Å². The van der Waals surface area contributed by atoms with Crippen LogP contribution in [0, 0.1) is 6.92 Å². The van der Waals surface area contributed by atoms with Crippen molar-refractivity contribution in [2.45, 2.75) is 13.5 Å². The average molecular weight is 335 g/mol. The van der Waals surface area contributed by atoms with Crippen LogP contribution in [0.5, 0.6) is 5.75 Å². The number of aryl methyl sites for hydroxylation is 1. The highest BCUT2D eigenvalue weighted by Crippen LogP contribution is 2.32. The first kappa shape index (κ1) is 14.9. The van der Waals surface area contributed by atoms with Crippen LogP contribution in [0.1, 0.15) is 11.1 Å². The van der Waals surface area contributed by atoms with Gasteiger partial charge in [-0.25, -0.2) is 4.79 Å². The number of benzene rings is 2. The van der Waals surface area contributed by atoms with Crippen molar-refractivity contribution in [3.8, 4) is 5.75 Å². The van der Waals surface area contributed by atoms with Crippen LogP contribution < -0.4 is 10.4 Å². The molecule has 0 amide bonds. The summed E-state index contributed by atoms with van der Waals surface area (Å²) in [5.41, 5.74) is 1.89. The van der Waals surface area contributed by atoms with E-state index < -0.39 is 5.63 Å². The molecule has 3 aromatic rings. The van der Waals surface area contributed by atoms with E-state index in [1.54, 1.807) is 18.2 Å². The van der Waals surface area contributed by atoms with Crippen molar-refractivity contribution < 1.29 is 9.15 Å². The van der Waals surface area contributed by atoms with Gasteiger partial charge in [0.2, 0.25) is 0 Å². The van der Waals surface area contributed by atoms with E-state index in [-0.39, 0.29) is 6.61 Å². The number of ether oxygens (including phenoxy) is 1. The second-order valence-electron chi connectivity index (χ2n) is 4.93. The summed E-state index contributed by atoms with van der Waals surface area (Å²) in [5.74, 6) is 0.475. The quantitative estimate of drug-likeness (QED) is 0.633. The van der Waals surface area contributed by atoms with Crippen molar-refractivity contribution in [2.24, 2.45) is 0 Å². The van der Waals surface area contributed by atoms with Crippen molar-refractivity contribution in [3.63, 3.8) is 0 Å². The molecule has 0 aliphatic heterocycles. The van der Waals surface area contributed by atoms with E-state index >= 15 is 0 Å². The molecule has 0 unspecified atom stereocenters. The largest absolute Gasteiger partial charge is 0.487 e. The van der Waals surface area contributed by atoms with Crippen LogP contribution in [0.15, 0.2) is 51.7 Å². The van der Waals surface area contributed by atoms with Gasteiger partial charge in [0.1, 0.15) is 23.0 Å². The molecule has 1 heterocycles. The Hall–Kier alpha value is -1.97. The standard InChI is InChI=1S/C17H12Cl2O3/c1-10-5-6-12-11(8-16(20)22-15(12)7-10)9-21-14-4-2-3-13(18)17(14)19/h2-8H,9H2,1H3. The lowest BCUT2D eigenvalue weighted by molar-refractivity contribution is 0.307. The molecule has 0 aliphatic carbocycles. The third kappa shape index (κ3) is 2.96. The summed E-state index contributed by atoms with van der Waals surface area (Å²) < 4.78 is 10.9. The predicted molar refractivity (Wildman–Crippen MR) is 88.0 cm³/mol. The molecule has 22 heavy (non-hydrogen) atoms. The normalized spacial score (nSPS) is 10.9. The summed E-state index contributed by atoms with van der Waals surface area (Å²) in [4.78, 5) is 11.7. The van der Waals surface area contributed by atoms with Gasteiger partial charge in [-0.05, 0) is 30.7 Å². The lowest BCUT2D eigenvalue weighted by atomic mass is 10.1. The van der Waals surface area contributed by atoms with Crippen LogP contribution >= 0.6 is 23.2 Å². The molecule has 0 fully saturated rings. The fraction of sp³-hybridized carbons (Fsp3) is 0.118. The van der Waals surface area contributed by atoms with Crippen LogP contribution in [0.4, 0.5) is 0 Å². The van der Waals surface area contributed by atoms with Gasteiger partial charge in [-0.1, -0.05) is 41.4 Å². The Balaban J connectivity index is 1.97. The molecule has 2 aromatic carbocycles. The van der Waals surface area contributed by atoms with E-state index in [2.05, 4.69) is 0 Å². The molecule has 1 aromatic heterocycles. The van der Waals surface area contributed by atoms with Crippen molar-refractivity contribution in [1.82, 2.24) is 0 Å². The van der Waals surface area contributed by atoms with E-state index in [0.29, 0.717) is 21.4 Å². The maximum Gasteiger partial charge on any atom is 0.336 e. The van der Waals surface area contributed by atoms with Gasteiger partial charge >= 0.3 is 5.63 Å². The third-order valence-electron chi connectivity index (χ3n) is 3.29. The zero-order valence-corrected chi connectivity index (χ0v) is 13.2. The van der Waals surface area contributed by atoms with Crippen LogP contribution in [0.3, 0.4) is 0 Å². The van der Waals surface area contributed by atoms with Gasteiger partial charge in [-0.15, -0.1) is 0 Å². The summed E-state index contributed by atoms with van der Waals surface area (Å²) >= 11 is 12.0.